The van der Waals surface area contributed by atoms with Crippen LogP contribution in [0.4, 0.5) is 0 Å². The van der Waals surface area contributed by atoms with Gasteiger partial charge in [0.05, 0.1) is 25.4 Å². The maximum atomic E-state index is 12.2. The van der Waals surface area contributed by atoms with Crippen molar-refractivity contribution in [1.29, 1.82) is 0 Å². The van der Waals surface area contributed by atoms with Crippen molar-refractivity contribution >= 4 is 5.91 Å². The van der Waals surface area contributed by atoms with E-state index in [-0.39, 0.29) is 18.1 Å². The molecule has 2 unspecified atom stereocenters. The minimum absolute atomic E-state index is 0.0339. The Morgan fingerprint density at radius 2 is 2.00 bits per heavy atom. The lowest BCUT2D eigenvalue weighted by molar-refractivity contribution is -0.130. The molecular formula is C14H27N3O2. The summed E-state index contributed by atoms with van der Waals surface area (Å²) >= 11 is 0. The first kappa shape index (κ1) is 14.8. The highest BCUT2D eigenvalue weighted by Gasteiger charge is 2.36. The van der Waals surface area contributed by atoms with Crippen molar-refractivity contribution in [2.24, 2.45) is 5.92 Å². The first-order chi connectivity index (χ1) is 9.08. The Morgan fingerprint density at radius 1 is 1.32 bits per heavy atom. The summed E-state index contributed by atoms with van der Waals surface area (Å²) in [4.78, 5) is 16.6. The van der Waals surface area contributed by atoms with E-state index in [1.54, 1.807) is 0 Å². The predicted octanol–water partition coefficient (Wildman–Crippen LogP) is 0.511. The molecule has 2 saturated heterocycles. The van der Waals surface area contributed by atoms with Crippen molar-refractivity contribution < 1.29 is 9.53 Å². The molecule has 5 nitrogen and oxygen atoms in total. The van der Waals surface area contributed by atoms with Crippen molar-refractivity contribution in [2.45, 2.75) is 39.4 Å². The Bertz CT molecular complexity index is 303. The van der Waals surface area contributed by atoms with Crippen LogP contribution in [0.5, 0.6) is 0 Å². The molecule has 0 spiro atoms. The molecule has 0 bridgehead atoms. The molecule has 2 rings (SSSR count). The maximum Gasteiger partial charge on any atom is 0.240 e. The normalized spacial score (nSPS) is 29.5. The average Bonchev–Trinajstić information content (AvgIpc) is 2.63. The molecule has 2 atom stereocenters. The van der Waals surface area contributed by atoms with Crippen LogP contribution in [0.3, 0.4) is 0 Å². The number of nitrogens with one attached hydrogen (secondary N) is 1. The standard InChI is InChI=1S/C14H27N3O2/c1-11(2)10-13-15-12(3)14(18)17(13)5-4-16-6-8-19-9-7-16/h11-13,15H,4-10H2,1-3H3. The third kappa shape index (κ3) is 3.91. The van der Waals surface area contributed by atoms with Crippen LogP contribution in [0.1, 0.15) is 27.2 Å². The molecule has 1 amide bonds. The van der Waals surface area contributed by atoms with Crippen LogP contribution in [0.25, 0.3) is 0 Å². The van der Waals surface area contributed by atoms with Crippen molar-refractivity contribution in [2.75, 3.05) is 39.4 Å². The first-order valence-electron chi connectivity index (χ1n) is 7.44. The summed E-state index contributed by atoms with van der Waals surface area (Å²) < 4.78 is 5.35. The van der Waals surface area contributed by atoms with Gasteiger partial charge in [0.25, 0.3) is 0 Å². The van der Waals surface area contributed by atoms with Crippen LogP contribution in [0.2, 0.25) is 0 Å². The number of rotatable bonds is 5. The minimum Gasteiger partial charge on any atom is -0.379 e. The van der Waals surface area contributed by atoms with Crippen LogP contribution >= 0.6 is 0 Å². The molecule has 2 fully saturated rings. The Balaban J connectivity index is 1.85. The van der Waals surface area contributed by atoms with Crippen LogP contribution in [0, 0.1) is 5.92 Å². The molecule has 5 heteroatoms. The molecule has 0 saturated carbocycles. The molecule has 110 valence electrons. The van der Waals surface area contributed by atoms with Crippen LogP contribution in [-0.2, 0) is 9.53 Å². The van der Waals surface area contributed by atoms with E-state index >= 15 is 0 Å². The highest BCUT2D eigenvalue weighted by Crippen LogP contribution is 2.17. The predicted molar refractivity (Wildman–Crippen MR) is 74.8 cm³/mol. The van der Waals surface area contributed by atoms with E-state index in [1.807, 2.05) is 11.8 Å². The number of morpholine rings is 1. The van der Waals surface area contributed by atoms with Gasteiger partial charge in [-0.3, -0.25) is 15.0 Å². The minimum atomic E-state index is -0.0339. The van der Waals surface area contributed by atoms with Gasteiger partial charge in [-0.05, 0) is 19.3 Å². The summed E-state index contributed by atoms with van der Waals surface area (Å²) in [7, 11) is 0. The van der Waals surface area contributed by atoms with Crippen molar-refractivity contribution in [3.63, 3.8) is 0 Å². The van der Waals surface area contributed by atoms with Crippen molar-refractivity contribution in [3.8, 4) is 0 Å². The first-order valence-corrected chi connectivity index (χ1v) is 7.44. The molecular weight excluding hydrogens is 242 g/mol. The van der Waals surface area contributed by atoms with Gasteiger partial charge in [-0.2, -0.15) is 0 Å². The summed E-state index contributed by atoms with van der Waals surface area (Å²) in [5.41, 5.74) is 0. The van der Waals surface area contributed by atoms with Crippen LogP contribution in [0.15, 0.2) is 0 Å². The van der Waals surface area contributed by atoms with Crippen LogP contribution in [-0.4, -0.2) is 67.3 Å². The van der Waals surface area contributed by atoms with E-state index < -0.39 is 0 Å². The average molecular weight is 269 g/mol. The number of hydrogen-bond donors (Lipinski definition) is 1. The smallest absolute Gasteiger partial charge is 0.240 e. The number of carbonyl (C=O) groups excluding carboxylic acids is 1. The van der Waals surface area contributed by atoms with Crippen LogP contribution < -0.4 is 5.32 Å². The molecule has 0 aromatic carbocycles. The number of nitrogens with zero attached hydrogens (tertiary/aromatic N) is 2. The topological polar surface area (TPSA) is 44.8 Å². The molecule has 2 aliphatic heterocycles. The Hall–Kier alpha value is -0.650. The number of carbonyl (C=O) groups is 1. The fraction of sp³-hybridized carbons (Fsp3) is 0.929. The van der Waals surface area contributed by atoms with E-state index in [0.29, 0.717) is 5.92 Å². The van der Waals surface area contributed by atoms with Gasteiger partial charge in [0.15, 0.2) is 0 Å². The van der Waals surface area contributed by atoms with Gasteiger partial charge in [0.1, 0.15) is 0 Å². The third-order valence-electron chi connectivity index (χ3n) is 3.93. The number of ether oxygens (including phenoxy) is 1. The molecule has 2 aliphatic rings. The molecule has 2 heterocycles. The lowest BCUT2D eigenvalue weighted by Gasteiger charge is -2.31. The molecule has 1 N–H and O–H groups in total. The highest BCUT2D eigenvalue weighted by molar-refractivity contribution is 5.83. The third-order valence-corrected chi connectivity index (χ3v) is 3.93. The van der Waals surface area contributed by atoms with Gasteiger partial charge >= 0.3 is 0 Å². The van der Waals surface area contributed by atoms with E-state index in [1.165, 1.54) is 0 Å². The monoisotopic (exact) mass is 269 g/mol. The van der Waals surface area contributed by atoms with E-state index in [4.69, 9.17) is 4.74 Å². The number of hydrogen-bond acceptors (Lipinski definition) is 4. The zero-order valence-corrected chi connectivity index (χ0v) is 12.4. The SMILES string of the molecule is CC(C)CC1NC(C)C(=O)N1CCN1CCOCC1. The van der Waals surface area contributed by atoms with Gasteiger partial charge in [-0.25, -0.2) is 0 Å². The second-order valence-electron chi connectivity index (χ2n) is 6.02. The van der Waals surface area contributed by atoms with Gasteiger partial charge in [-0.15, -0.1) is 0 Å². The Kier molecular flexibility index (Phi) is 5.19. The fourth-order valence-corrected chi connectivity index (χ4v) is 2.83. The second kappa shape index (κ2) is 6.68. The molecule has 0 aliphatic carbocycles. The molecule has 19 heavy (non-hydrogen) atoms. The molecule has 0 aromatic heterocycles. The van der Waals surface area contributed by atoms with Gasteiger partial charge in [-0.1, -0.05) is 13.8 Å². The largest absolute Gasteiger partial charge is 0.379 e. The highest BCUT2D eigenvalue weighted by atomic mass is 16.5. The summed E-state index contributed by atoms with van der Waals surface area (Å²) in [5.74, 6) is 0.848. The van der Waals surface area contributed by atoms with Gasteiger partial charge < -0.3 is 9.64 Å². The van der Waals surface area contributed by atoms with Gasteiger partial charge in [0.2, 0.25) is 5.91 Å². The Labute approximate surface area is 116 Å². The molecule has 0 aromatic rings. The molecule has 0 radical (unpaired) electrons. The number of amides is 1. The van der Waals surface area contributed by atoms with Crippen molar-refractivity contribution in [3.05, 3.63) is 0 Å². The van der Waals surface area contributed by atoms with Gasteiger partial charge in [0, 0.05) is 26.2 Å². The summed E-state index contributed by atoms with van der Waals surface area (Å²) in [6.07, 6.45) is 1.24. The fourth-order valence-electron chi connectivity index (χ4n) is 2.83. The summed E-state index contributed by atoms with van der Waals surface area (Å²) in [6, 6.07) is -0.0339. The zero-order valence-electron chi connectivity index (χ0n) is 12.4. The van der Waals surface area contributed by atoms with E-state index in [0.717, 1.165) is 45.8 Å². The zero-order chi connectivity index (χ0) is 13.8. The second-order valence-corrected chi connectivity index (χ2v) is 6.02. The van der Waals surface area contributed by atoms with Crippen molar-refractivity contribution in [1.82, 2.24) is 15.1 Å². The lowest BCUT2D eigenvalue weighted by atomic mass is 10.1. The quantitative estimate of drug-likeness (QED) is 0.790. The Morgan fingerprint density at radius 3 is 2.63 bits per heavy atom. The maximum absolute atomic E-state index is 12.2. The van der Waals surface area contributed by atoms with E-state index in [9.17, 15) is 4.79 Å². The van der Waals surface area contributed by atoms with E-state index in [2.05, 4.69) is 24.1 Å². The summed E-state index contributed by atoms with van der Waals surface area (Å²) in [5, 5.41) is 3.41. The summed E-state index contributed by atoms with van der Waals surface area (Å²) in [6.45, 7) is 11.8. The lowest BCUT2D eigenvalue weighted by Crippen LogP contribution is -2.45.